The average Bonchev–Trinajstić information content (AvgIpc) is 2.77. The molecule has 2 aromatic rings. The van der Waals surface area contributed by atoms with E-state index in [2.05, 4.69) is 10.6 Å². The number of carbonyl (C=O) groups excluding carboxylic acids is 2. The minimum absolute atomic E-state index is 0.136. The molecule has 8 heteroatoms. The first kappa shape index (κ1) is 23.9. The molecule has 0 saturated carbocycles. The number of aliphatic carboxylic acids is 1. The fourth-order valence-electron chi connectivity index (χ4n) is 3.45. The molecule has 1 aliphatic carbocycles. The van der Waals surface area contributed by atoms with Crippen molar-refractivity contribution >= 4 is 52.5 Å². The fraction of sp³-hybridized carbons (Fsp3) is 0.292. The Morgan fingerprint density at radius 1 is 1.03 bits per heavy atom. The molecular formula is C24H25ClN2O4S. The Morgan fingerprint density at radius 2 is 1.69 bits per heavy atom. The van der Waals surface area contributed by atoms with E-state index in [0.717, 1.165) is 10.5 Å². The van der Waals surface area contributed by atoms with Gasteiger partial charge in [-0.25, -0.2) is 0 Å². The molecule has 3 atom stereocenters. The predicted molar refractivity (Wildman–Crippen MR) is 128 cm³/mol. The van der Waals surface area contributed by atoms with Crippen molar-refractivity contribution in [1.82, 2.24) is 0 Å². The lowest BCUT2D eigenvalue weighted by molar-refractivity contribution is -0.146. The second-order valence-corrected chi connectivity index (χ2v) is 9.57. The van der Waals surface area contributed by atoms with Crippen LogP contribution in [0.3, 0.4) is 0 Å². The number of halogens is 1. The van der Waals surface area contributed by atoms with Crippen LogP contribution >= 0.6 is 23.4 Å². The van der Waals surface area contributed by atoms with Crippen molar-refractivity contribution < 1.29 is 19.5 Å². The van der Waals surface area contributed by atoms with Crippen molar-refractivity contribution in [3.8, 4) is 0 Å². The smallest absolute Gasteiger partial charge is 0.307 e. The van der Waals surface area contributed by atoms with Crippen LogP contribution in [0.15, 0.2) is 59.5 Å². The zero-order valence-corrected chi connectivity index (χ0v) is 19.4. The summed E-state index contributed by atoms with van der Waals surface area (Å²) in [6.45, 7) is 3.72. The summed E-state index contributed by atoms with van der Waals surface area (Å²) in [5.41, 5.74) is 2.20. The minimum Gasteiger partial charge on any atom is -0.481 e. The van der Waals surface area contributed by atoms with Crippen LogP contribution in [-0.4, -0.2) is 28.1 Å². The van der Waals surface area contributed by atoms with Gasteiger partial charge in [-0.05, 0) is 68.7 Å². The van der Waals surface area contributed by atoms with Crippen LogP contribution in [0, 0.1) is 18.8 Å². The summed E-state index contributed by atoms with van der Waals surface area (Å²) in [6.07, 6.45) is 4.42. The van der Waals surface area contributed by atoms with Crippen LogP contribution in [-0.2, 0) is 14.4 Å². The summed E-state index contributed by atoms with van der Waals surface area (Å²) in [5, 5.41) is 15.3. The van der Waals surface area contributed by atoms with Crippen molar-refractivity contribution in [2.24, 2.45) is 11.8 Å². The number of hydrogen-bond donors (Lipinski definition) is 3. The molecule has 168 valence electrons. The van der Waals surface area contributed by atoms with Gasteiger partial charge in [-0.15, -0.1) is 11.8 Å². The molecule has 3 N–H and O–H groups in total. The van der Waals surface area contributed by atoms with Gasteiger partial charge in [0.05, 0.1) is 17.1 Å². The van der Waals surface area contributed by atoms with Crippen LogP contribution in [0.2, 0.25) is 5.02 Å². The largest absolute Gasteiger partial charge is 0.481 e. The zero-order chi connectivity index (χ0) is 23.3. The van der Waals surface area contributed by atoms with E-state index < -0.39 is 17.8 Å². The summed E-state index contributed by atoms with van der Waals surface area (Å²) in [5.74, 6) is -2.70. The maximum atomic E-state index is 12.6. The molecule has 6 nitrogen and oxygen atoms in total. The average molecular weight is 473 g/mol. The highest BCUT2D eigenvalue weighted by atomic mass is 35.5. The third-order valence-corrected chi connectivity index (χ3v) is 6.69. The van der Waals surface area contributed by atoms with Crippen molar-refractivity contribution in [2.45, 2.75) is 36.8 Å². The van der Waals surface area contributed by atoms with E-state index in [1.54, 1.807) is 30.3 Å². The SMILES string of the molecule is Cc1ccc(Cl)cc1NC(=O)[C@H](C)Sc1ccc(NC(=O)[C@H]2CC=CC[C@H]2C(=O)O)cc1. The van der Waals surface area contributed by atoms with E-state index in [4.69, 9.17) is 11.6 Å². The third kappa shape index (κ3) is 6.14. The number of aryl methyl sites for hydroxylation is 1. The predicted octanol–water partition coefficient (Wildman–Crippen LogP) is 5.37. The summed E-state index contributed by atoms with van der Waals surface area (Å²) in [4.78, 5) is 37.4. The normalized spacial score (nSPS) is 18.6. The summed E-state index contributed by atoms with van der Waals surface area (Å²) < 4.78 is 0. The van der Waals surface area contributed by atoms with E-state index in [-0.39, 0.29) is 17.1 Å². The number of thioether (sulfide) groups is 1. The first-order valence-corrected chi connectivity index (χ1v) is 11.5. The molecule has 0 bridgehead atoms. The van der Waals surface area contributed by atoms with E-state index in [0.29, 0.717) is 29.2 Å². The van der Waals surface area contributed by atoms with E-state index in [1.165, 1.54) is 11.8 Å². The van der Waals surface area contributed by atoms with Crippen molar-refractivity contribution in [1.29, 1.82) is 0 Å². The molecule has 0 radical (unpaired) electrons. The van der Waals surface area contributed by atoms with Crippen LogP contribution in [0.1, 0.15) is 25.3 Å². The maximum Gasteiger partial charge on any atom is 0.307 e. The molecule has 3 rings (SSSR count). The van der Waals surface area contributed by atoms with Gasteiger partial charge in [-0.2, -0.15) is 0 Å². The van der Waals surface area contributed by atoms with Gasteiger partial charge in [0.2, 0.25) is 11.8 Å². The Kier molecular flexibility index (Phi) is 7.99. The van der Waals surface area contributed by atoms with Crippen LogP contribution in [0.5, 0.6) is 0 Å². The number of nitrogens with one attached hydrogen (secondary N) is 2. The maximum absolute atomic E-state index is 12.6. The summed E-state index contributed by atoms with van der Waals surface area (Å²) in [6, 6.07) is 12.5. The Bertz CT molecular complexity index is 1040. The number of benzene rings is 2. The molecule has 0 heterocycles. The number of anilines is 2. The fourth-order valence-corrected chi connectivity index (χ4v) is 4.49. The number of hydrogen-bond acceptors (Lipinski definition) is 4. The number of allylic oxidation sites excluding steroid dienone is 2. The second kappa shape index (κ2) is 10.7. The van der Waals surface area contributed by atoms with Gasteiger partial charge in [0.15, 0.2) is 0 Å². The van der Waals surface area contributed by atoms with Gasteiger partial charge < -0.3 is 15.7 Å². The highest BCUT2D eigenvalue weighted by molar-refractivity contribution is 8.00. The minimum atomic E-state index is -0.957. The number of rotatable bonds is 7. The summed E-state index contributed by atoms with van der Waals surface area (Å²) >= 11 is 7.41. The quantitative estimate of drug-likeness (QED) is 0.371. The molecule has 1 aliphatic rings. The van der Waals surface area contributed by atoms with Crippen molar-refractivity contribution in [2.75, 3.05) is 10.6 Å². The van der Waals surface area contributed by atoms with Crippen LogP contribution < -0.4 is 10.6 Å². The summed E-state index contributed by atoms with van der Waals surface area (Å²) in [7, 11) is 0. The van der Waals surface area contributed by atoms with Gasteiger partial charge in [-0.1, -0.05) is 29.8 Å². The van der Waals surface area contributed by atoms with Gasteiger partial charge in [0.25, 0.3) is 0 Å². The molecule has 0 spiro atoms. The molecule has 2 aromatic carbocycles. The van der Waals surface area contributed by atoms with E-state index in [1.807, 2.05) is 38.1 Å². The Balaban J connectivity index is 1.57. The van der Waals surface area contributed by atoms with Gasteiger partial charge in [0, 0.05) is 21.3 Å². The Labute approximate surface area is 196 Å². The Morgan fingerprint density at radius 3 is 2.34 bits per heavy atom. The lowest BCUT2D eigenvalue weighted by Crippen LogP contribution is -2.34. The number of carbonyl (C=O) groups is 3. The van der Waals surface area contributed by atoms with Gasteiger partial charge >= 0.3 is 5.97 Å². The Hall–Kier alpha value is -2.77. The lowest BCUT2D eigenvalue weighted by atomic mass is 9.82. The number of carboxylic acids is 1. The highest BCUT2D eigenvalue weighted by Crippen LogP contribution is 2.29. The standard InChI is InChI=1S/C24H25ClN2O4S/c1-14-7-8-16(25)13-21(14)27-22(28)15(2)32-18-11-9-17(10-12-18)26-23(29)19-5-3-4-6-20(19)24(30)31/h3-4,7-13,15,19-20H,5-6H2,1-2H3,(H,26,29)(H,27,28)(H,30,31)/t15-,19-,20+/m0/s1. The monoisotopic (exact) mass is 472 g/mol. The van der Waals surface area contributed by atoms with E-state index in [9.17, 15) is 19.5 Å². The molecule has 0 unspecified atom stereocenters. The van der Waals surface area contributed by atoms with Gasteiger partial charge in [-0.3, -0.25) is 14.4 Å². The molecule has 32 heavy (non-hydrogen) atoms. The second-order valence-electron chi connectivity index (χ2n) is 7.72. The number of carboxylic acid groups (broad SMARTS) is 1. The first-order chi connectivity index (χ1) is 15.2. The van der Waals surface area contributed by atoms with Gasteiger partial charge in [0.1, 0.15) is 0 Å². The number of amides is 2. The third-order valence-electron chi connectivity index (χ3n) is 5.35. The molecule has 0 aromatic heterocycles. The molecule has 0 saturated heterocycles. The lowest BCUT2D eigenvalue weighted by Gasteiger charge is -2.24. The van der Waals surface area contributed by atoms with E-state index >= 15 is 0 Å². The zero-order valence-electron chi connectivity index (χ0n) is 17.8. The van der Waals surface area contributed by atoms with Crippen LogP contribution in [0.4, 0.5) is 11.4 Å². The van der Waals surface area contributed by atoms with Crippen molar-refractivity contribution in [3.63, 3.8) is 0 Å². The van der Waals surface area contributed by atoms with Crippen molar-refractivity contribution in [3.05, 3.63) is 65.2 Å². The van der Waals surface area contributed by atoms with Crippen LogP contribution in [0.25, 0.3) is 0 Å². The topological polar surface area (TPSA) is 95.5 Å². The highest BCUT2D eigenvalue weighted by Gasteiger charge is 2.33. The molecular weight excluding hydrogens is 448 g/mol. The molecule has 0 fully saturated rings. The molecule has 0 aliphatic heterocycles. The molecule has 2 amide bonds. The first-order valence-electron chi connectivity index (χ1n) is 10.3.